The van der Waals surface area contributed by atoms with Crippen LogP contribution in [0, 0.1) is 0 Å². The second-order valence-electron chi connectivity index (χ2n) is 5.83. The largest absolute Gasteiger partial charge is 0.477 e. The van der Waals surface area contributed by atoms with Gasteiger partial charge in [-0.15, -0.1) is 0 Å². The van der Waals surface area contributed by atoms with Gasteiger partial charge in [-0.3, -0.25) is 4.90 Å². The number of hydrogen-bond acceptors (Lipinski definition) is 3. The first kappa shape index (κ1) is 15.1. The van der Waals surface area contributed by atoms with Crippen LogP contribution in [-0.4, -0.2) is 46.8 Å². The van der Waals surface area contributed by atoms with E-state index in [9.17, 15) is 9.90 Å². The predicted molar refractivity (Wildman–Crippen MR) is 85.4 cm³/mol. The molecule has 5 nitrogen and oxygen atoms in total. The van der Waals surface area contributed by atoms with E-state index in [2.05, 4.69) is 24.0 Å². The molecule has 0 saturated carbocycles. The van der Waals surface area contributed by atoms with Crippen molar-refractivity contribution in [2.75, 3.05) is 26.3 Å². The smallest absolute Gasteiger partial charge is 0.352 e. The molecule has 2 aromatic rings. The van der Waals surface area contributed by atoms with E-state index in [0.717, 1.165) is 50.2 Å². The van der Waals surface area contributed by atoms with E-state index in [1.54, 1.807) is 10.6 Å². The SMILES string of the molecule is CCc1cc(CN2CCOCC2)cc2cc(C(=O)O)n(C)c12. The number of rotatable bonds is 4. The third-order valence-electron chi connectivity index (χ3n) is 4.38. The summed E-state index contributed by atoms with van der Waals surface area (Å²) in [5, 5.41) is 10.3. The zero-order valence-corrected chi connectivity index (χ0v) is 13.1. The summed E-state index contributed by atoms with van der Waals surface area (Å²) >= 11 is 0. The molecule has 1 aliphatic heterocycles. The van der Waals surface area contributed by atoms with Gasteiger partial charge in [0, 0.05) is 32.1 Å². The highest BCUT2D eigenvalue weighted by Gasteiger charge is 2.17. The first-order valence-corrected chi connectivity index (χ1v) is 7.74. The molecule has 0 amide bonds. The summed E-state index contributed by atoms with van der Waals surface area (Å²) in [4.78, 5) is 13.7. The van der Waals surface area contributed by atoms with Crippen LogP contribution in [0.2, 0.25) is 0 Å². The van der Waals surface area contributed by atoms with Crippen molar-refractivity contribution < 1.29 is 14.6 Å². The van der Waals surface area contributed by atoms with Crippen LogP contribution in [-0.2, 0) is 24.8 Å². The Bertz CT molecular complexity index is 699. The minimum atomic E-state index is -0.879. The molecule has 0 bridgehead atoms. The average Bonchev–Trinajstić information content (AvgIpc) is 2.85. The molecule has 0 atom stereocenters. The maximum absolute atomic E-state index is 11.3. The van der Waals surface area contributed by atoms with E-state index in [-0.39, 0.29) is 0 Å². The Morgan fingerprint density at radius 2 is 2.00 bits per heavy atom. The molecular formula is C17H22N2O3. The number of benzene rings is 1. The van der Waals surface area contributed by atoms with Gasteiger partial charge in [0.05, 0.1) is 18.7 Å². The number of carboxylic acid groups (broad SMARTS) is 1. The summed E-state index contributed by atoms with van der Waals surface area (Å²) in [7, 11) is 1.83. The van der Waals surface area contributed by atoms with Gasteiger partial charge in [0.1, 0.15) is 5.69 Å². The highest BCUT2D eigenvalue weighted by molar-refractivity contribution is 5.96. The quantitative estimate of drug-likeness (QED) is 0.941. The van der Waals surface area contributed by atoms with E-state index in [4.69, 9.17) is 4.74 Å². The molecule has 1 aliphatic rings. The predicted octanol–water partition coefficient (Wildman–Crippen LogP) is 2.27. The summed E-state index contributed by atoms with van der Waals surface area (Å²) in [6.07, 6.45) is 0.893. The number of ether oxygens (including phenoxy) is 1. The van der Waals surface area contributed by atoms with Crippen LogP contribution in [0.25, 0.3) is 10.9 Å². The Labute approximate surface area is 130 Å². The number of fused-ring (bicyclic) bond motifs is 1. The van der Waals surface area contributed by atoms with Gasteiger partial charge in [-0.25, -0.2) is 4.79 Å². The van der Waals surface area contributed by atoms with Crippen LogP contribution in [0.3, 0.4) is 0 Å². The standard InChI is InChI=1S/C17H22N2O3/c1-3-13-8-12(11-19-4-6-22-7-5-19)9-14-10-15(17(20)21)18(2)16(13)14/h8-10H,3-7,11H2,1-2H3,(H,20,21). The normalized spacial score (nSPS) is 16.3. The molecule has 0 unspecified atom stereocenters. The highest BCUT2D eigenvalue weighted by Crippen LogP contribution is 2.26. The van der Waals surface area contributed by atoms with E-state index >= 15 is 0 Å². The van der Waals surface area contributed by atoms with E-state index in [1.807, 2.05) is 7.05 Å². The molecule has 0 radical (unpaired) electrons. The molecule has 1 aromatic heterocycles. The third kappa shape index (κ3) is 2.74. The molecular weight excluding hydrogens is 280 g/mol. The molecule has 1 aromatic carbocycles. The number of carbonyl (C=O) groups is 1. The maximum Gasteiger partial charge on any atom is 0.352 e. The highest BCUT2D eigenvalue weighted by atomic mass is 16.5. The first-order chi connectivity index (χ1) is 10.6. The first-order valence-electron chi connectivity index (χ1n) is 7.74. The van der Waals surface area contributed by atoms with Crippen LogP contribution >= 0.6 is 0 Å². The lowest BCUT2D eigenvalue weighted by atomic mass is 10.0. The van der Waals surface area contributed by atoms with Crippen LogP contribution in [0.4, 0.5) is 0 Å². The topological polar surface area (TPSA) is 54.7 Å². The van der Waals surface area contributed by atoms with Crippen molar-refractivity contribution in [2.45, 2.75) is 19.9 Å². The van der Waals surface area contributed by atoms with Crippen molar-refractivity contribution in [3.8, 4) is 0 Å². The summed E-state index contributed by atoms with van der Waals surface area (Å²) in [6, 6.07) is 6.11. The summed E-state index contributed by atoms with van der Waals surface area (Å²) in [5.41, 5.74) is 3.82. The zero-order chi connectivity index (χ0) is 15.7. The Morgan fingerprint density at radius 3 is 2.64 bits per heavy atom. The number of morpholine rings is 1. The van der Waals surface area contributed by atoms with Gasteiger partial charge in [-0.05, 0) is 29.7 Å². The van der Waals surface area contributed by atoms with E-state index in [1.165, 1.54) is 11.1 Å². The number of carboxylic acids is 1. The number of aromatic nitrogens is 1. The zero-order valence-electron chi connectivity index (χ0n) is 13.1. The summed E-state index contributed by atoms with van der Waals surface area (Å²) in [6.45, 7) is 6.49. The van der Waals surface area contributed by atoms with Crippen molar-refractivity contribution in [2.24, 2.45) is 7.05 Å². The van der Waals surface area contributed by atoms with Gasteiger partial charge in [0.2, 0.25) is 0 Å². The Balaban J connectivity index is 2.00. The fraction of sp³-hybridized carbons (Fsp3) is 0.471. The average molecular weight is 302 g/mol. The van der Waals surface area contributed by atoms with Crippen LogP contribution in [0.5, 0.6) is 0 Å². The Hall–Kier alpha value is -1.85. The molecule has 22 heavy (non-hydrogen) atoms. The lowest BCUT2D eigenvalue weighted by Crippen LogP contribution is -2.35. The van der Waals surface area contributed by atoms with Gasteiger partial charge in [-0.1, -0.05) is 13.0 Å². The fourth-order valence-corrected chi connectivity index (χ4v) is 3.25. The molecule has 0 spiro atoms. The van der Waals surface area contributed by atoms with E-state index in [0.29, 0.717) is 5.69 Å². The van der Waals surface area contributed by atoms with Crippen LogP contribution in [0.1, 0.15) is 28.5 Å². The summed E-state index contributed by atoms with van der Waals surface area (Å²) < 4.78 is 7.17. The van der Waals surface area contributed by atoms with Gasteiger partial charge < -0.3 is 14.4 Å². The lowest BCUT2D eigenvalue weighted by molar-refractivity contribution is 0.0342. The van der Waals surface area contributed by atoms with Crippen molar-refractivity contribution in [3.05, 3.63) is 35.0 Å². The van der Waals surface area contributed by atoms with Crippen molar-refractivity contribution in [3.63, 3.8) is 0 Å². The molecule has 1 saturated heterocycles. The van der Waals surface area contributed by atoms with Crippen LogP contribution in [0.15, 0.2) is 18.2 Å². The molecule has 1 fully saturated rings. The minimum Gasteiger partial charge on any atom is -0.477 e. The van der Waals surface area contributed by atoms with Crippen LogP contribution < -0.4 is 0 Å². The molecule has 118 valence electrons. The molecule has 5 heteroatoms. The Kier molecular flexibility index (Phi) is 4.18. The second-order valence-corrected chi connectivity index (χ2v) is 5.83. The van der Waals surface area contributed by atoms with E-state index < -0.39 is 5.97 Å². The number of aryl methyl sites for hydroxylation is 2. The lowest BCUT2D eigenvalue weighted by Gasteiger charge is -2.26. The molecule has 2 heterocycles. The number of hydrogen-bond donors (Lipinski definition) is 1. The Morgan fingerprint density at radius 1 is 1.27 bits per heavy atom. The van der Waals surface area contributed by atoms with Gasteiger partial charge in [-0.2, -0.15) is 0 Å². The monoisotopic (exact) mass is 302 g/mol. The second kappa shape index (κ2) is 6.10. The third-order valence-corrected chi connectivity index (χ3v) is 4.38. The number of aromatic carboxylic acids is 1. The molecule has 1 N–H and O–H groups in total. The minimum absolute atomic E-state index is 0.341. The van der Waals surface area contributed by atoms with Gasteiger partial charge >= 0.3 is 5.97 Å². The fourth-order valence-electron chi connectivity index (χ4n) is 3.25. The van der Waals surface area contributed by atoms with Gasteiger partial charge in [0.15, 0.2) is 0 Å². The summed E-state index contributed by atoms with van der Waals surface area (Å²) in [5.74, 6) is -0.879. The molecule has 3 rings (SSSR count). The van der Waals surface area contributed by atoms with Crippen molar-refractivity contribution in [1.29, 1.82) is 0 Å². The van der Waals surface area contributed by atoms with Crippen molar-refractivity contribution in [1.82, 2.24) is 9.47 Å². The van der Waals surface area contributed by atoms with Crippen molar-refractivity contribution >= 4 is 16.9 Å². The molecule has 0 aliphatic carbocycles. The van der Waals surface area contributed by atoms with Gasteiger partial charge in [0.25, 0.3) is 0 Å². The number of nitrogens with zero attached hydrogens (tertiary/aromatic N) is 2. The maximum atomic E-state index is 11.3.